The van der Waals surface area contributed by atoms with Crippen LogP contribution in [0.2, 0.25) is 0 Å². The van der Waals surface area contributed by atoms with Crippen molar-refractivity contribution in [3.05, 3.63) is 216 Å². The molecule has 4 aromatic carbocycles. The number of hydrogen-bond donors (Lipinski definition) is 8. The summed E-state index contributed by atoms with van der Waals surface area (Å²) >= 11 is 0. The minimum atomic E-state index is -4.60. The predicted molar refractivity (Wildman–Crippen MR) is 309 cm³/mol. The lowest BCUT2D eigenvalue weighted by molar-refractivity contribution is -0.165. The van der Waals surface area contributed by atoms with Crippen LogP contribution < -0.4 is 21.3 Å². The number of nitrogens with one attached hydrogen (secondary N) is 4. The van der Waals surface area contributed by atoms with E-state index in [9.17, 15) is 45.5 Å². The predicted octanol–water partition coefficient (Wildman–Crippen LogP) is 10.6. The van der Waals surface area contributed by atoms with E-state index in [2.05, 4.69) is 61.1 Å². The van der Waals surface area contributed by atoms with Crippen molar-refractivity contribution in [3.63, 3.8) is 0 Å². The van der Waals surface area contributed by atoms with Gasteiger partial charge in [-0.2, -0.15) is 26.3 Å². The van der Waals surface area contributed by atoms with Crippen LogP contribution in [0.5, 0.6) is 0 Å². The molecule has 8 N–H and O–H groups in total. The molecule has 2 amide bonds. The van der Waals surface area contributed by atoms with Crippen LogP contribution in [0.25, 0.3) is 33.9 Å². The van der Waals surface area contributed by atoms with Crippen LogP contribution in [0, 0.1) is 27.7 Å². The molecule has 88 heavy (non-hydrogen) atoms. The van der Waals surface area contributed by atoms with Crippen molar-refractivity contribution < 1.29 is 65.9 Å². The third-order valence-electron chi connectivity index (χ3n) is 12.5. The number of aliphatic hydroxyl groups is 2. The Bertz CT molecular complexity index is 3890. The molecule has 0 saturated carbocycles. The minimum Gasteiger partial charge on any atom is -0.479 e. The molecule has 0 aliphatic heterocycles. The molecule has 28 heteroatoms. The Labute approximate surface area is 495 Å². The van der Waals surface area contributed by atoms with Gasteiger partial charge in [0.15, 0.2) is 12.2 Å². The largest absolute Gasteiger partial charge is 0.479 e. The minimum absolute atomic E-state index is 0.00114. The van der Waals surface area contributed by atoms with E-state index in [1.165, 1.54) is 33.9 Å². The number of alkyl halides is 6. The van der Waals surface area contributed by atoms with Gasteiger partial charge in [-0.25, -0.2) is 39.5 Å². The van der Waals surface area contributed by atoms with Crippen LogP contribution in [-0.2, 0) is 21.9 Å². The Morgan fingerprint density at radius 2 is 0.898 bits per heavy atom. The number of carboxylic acid groups (broad SMARTS) is 2. The van der Waals surface area contributed by atoms with Crippen LogP contribution in [0.15, 0.2) is 171 Å². The highest BCUT2D eigenvalue weighted by atomic mass is 19.4. The molecule has 6 heterocycles. The molecule has 10 rings (SSSR count). The van der Waals surface area contributed by atoms with Crippen molar-refractivity contribution in [2.24, 2.45) is 0 Å². The molecule has 0 saturated heterocycles. The number of aromatic nitrogens is 10. The van der Waals surface area contributed by atoms with Crippen molar-refractivity contribution in [1.29, 1.82) is 0 Å². The van der Waals surface area contributed by atoms with E-state index >= 15 is 0 Å². The first kappa shape index (κ1) is 62.8. The third-order valence-corrected chi connectivity index (χ3v) is 12.5. The number of carbonyl (C=O) groups is 4. The molecule has 0 bridgehead atoms. The molecule has 22 nitrogen and oxygen atoms in total. The number of aliphatic hydroxyl groups excluding tert-OH is 2. The van der Waals surface area contributed by atoms with Gasteiger partial charge in [-0.1, -0.05) is 12.1 Å². The maximum atomic E-state index is 13.6. The number of amides is 2. The Morgan fingerprint density at radius 3 is 1.23 bits per heavy atom. The number of anilines is 6. The van der Waals surface area contributed by atoms with Crippen LogP contribution >= 0.6 is 0 Å². The zero-order chi connectivity index (χ0) is 63.5. The van der Waals surface area contributed by atoms with Gasteiger partial charge >= 0.3 is 24.3 Å². The van der Waals surface area contributed by atoms with Crippen molar-refractivity contribution in [3.8, 4) is 33.9 Å². The maximum absolute atomic E-state index is 13.6. The molecular weight excluding hydrogens is 1160 g/mol. The summed E-state index contributed by atoms with van der Waals surface area (Å²) in [5.74, 6) is -4.06. The van der Waals surface area contributed by atoms with Crippen LogP contribution in [-0.4, -0.2) is 105 Å². The van der Waals surface area contributed by atoms with E-state index in [0.29, 0.717) is 46.0 Å². The van der Waals surface area contributed by atoms with Gasteiger partial charge in [0.1, 0.15) is 0 Å². The van der Waals surface area contributed by atoms with E-state index in [1.54, 1.807) is 124 Å². The fraction of sp³-hybridized carbons (Fsp3) is 0.133. The van der Waals surface area contributed by atoms with Gasteiger partial charge in [-0.15, -0.1) is 0 Å². The molecular formula is C60H50F6N14O8. The monoisotopic (exact) mass is 1210 g/mol. The van der Waals surface area contributed by atoms with E-state index in [1.807, 2.05) is 26.0 Å². The smallest absolute Gasteiger partial charge is 0.416 e. The van der Waals surface area contributed by atoms with Gasteiger partial charge in [0, 0.05) is 106 Å². The number of halogens is 6. The number of pyridine rings is 2. The summed E-state index contributed by atoms with van der Waals surface area (Å²) in [6, 6.07) is 27.4. The van der Waals surface area contributed by atoms with Gasteiger partial charge < -0.3 is 50.8 Å². The Balaban J connectivity index is 0.000000197. The van der Waals surface area contributed by atoms with E-state index < -0.39 is 59.4 Å². The van der Waals surface area contributed by atoms with E-state index in [-0.39, 0.29) is 33.9 Å². The molecule has 2 atom stereocenters. The maximum Gasteiger partial charge on any atom is 0.416 e. The van der Waals surface area contributed by atoms with Gasteiger partial charge in [-0.05, 0) is 136 Å². The number of hydrogen-bond acceptors (Lipinski definition) is 16. The van der Waals surface area contributed by atoms with Crippen molar-refractivity contribution in [2.75, 3.05) is 21.3 Å². The molecule has 450 valence electrons. The average Bonchev–Trinajstić information content (AvgIpc) is 2.44. The van der Waals surface area contributed by atoms with E-state index in [4.69, 9.17) is 20.4 Å². The number of benzene rings is 4. The fourth-order valence-corrected chi connectivity index (χ4v) is 8.02. The zero-order valence-corrected chi connectivity index (χ0v) is 46.5. The highest BCUT2D eigenvalue weighted by Crippen LogP contribution is 2.35. The summed E-state index contributed by atoms with van der Waals surface area (Å²) < 4.78 is 84.6. The first-order chi connectivity index (χ1) is 41.8. The summed E-state index contributed by atoms with van der Waals surface area (Å²) in [6.45, 7) is 7.16. The normalized spacial score (nSPS) is 11.8. The summed E-state index contributed by atoms with van der Waals surface area (Å²) in [5.41, 5.74) is 6.18. The Morgan fingerprint density at radius 1 is 0.500 bits per heavy atom. The van der Waals surface area contributed by atoms with Crippen molar-refractivity contribution in [2.45, 2.75) is 52.3 Å². The third kappa shape index (κ3) is 16.5. The fourth-order valence-electron chi connectivity index (χ4n) is 8.02. The lowest BCUT2D eigenvalue weighted by Gasteiger charge is -2.14. The molecule has 0 aliphatic rings. The number of nitrogens with zero attached hydrogens (tertiary/aromatic N) is 10. The number of carbonyl (C=O) groups excluding carboxylic acids is 2. The van der Waals surface area contributed by atoms with Crippen LogP contribution in [0.3, 0.4) is 0 Å². The molecule has 0 spiro atoms. The first-order valence-electron chi connectivity index (χ1n) is 25.9. The Hall–Kier alpha value is -11.3. The second-order valence-electron chi connectivity index (χ2n) is 19.2. The van der Waals surface area contributed by atoms with Crippen molar-refractivity contribution >= 4 is 58.4 Å². The highest BCUT2D eigenvalue weighted by Gasteiger charge is 2.33. The van der Waals surface area contributed by atoms with E-state index in [0.717, 1.165) is 46.5 Å². The number of rotatable bonds is 15. The Kier molecular flexibility index (Phi) is 19.4. The van der Waals surface area contributed by atoms with Gasteiger partial charge in [-0.3, -0.25) is 19.6 Å². The van der Waals surface area contributed by atoms with Gasteiger partial charge in [0.05, 0.1) is 46.6 Å². The summed E-state index contributed by atoms with van der Waals surface area (Å²) in [7, 11) is 0. The lowest BCUT2D eigenvalue weighted by atomic mass is 10.1. The summed E-state index contributed by atoms with van der Waals surface area (Å²) in [5, 5.41) is 43.9. The standard InChI is InChI=1S/2C28H22F3N7O.C4H6O6/c2*1-17-5-6-19(10-25(17)37-27-33-9-7-24(36-27)20-4-3-8-32-14-20)26(39)35-22-11-21(28(29,30)31)12-23(13-22)38-15-18(2)34-16-38;5-1(3(7)8)2(6)4(9)10/h2*3-16H,1-2H3,(H,35,39)(H,33,36,37);1-2,5-6H,(H,7,8)(H,9,10)/t;;1-,2-/m..1/s1. The van der Waals surface area contributed by atoms with Gasteiger partial charge in [0.25, 0.3) is 11.8 Å². The highest BCUT2D eigenvalue weighted by molar-refractivity contribution is 6.06. The van der Waals surface area contributed by atoms with Gasteiger partial charge in [0.2, 0.25) is 11.9 Å². The second-order valence-corrected chi connectivity index (χ2v) is 19.2. The van der Waals surface area contributed by atoms with Crippen LogP contribution in [0.1, 0.15) is 54.4 Å². The number of aryl methyl sites for hydroxylation is 4. The number of imidazole rings is 2. The lowest BCUT2D eigenvalue weighted by Crippen LogP contribution is -2.39. The van der Waals surface area contributed by atoms with Crippen molar-refractivity contribution in [1.82, 2.24) is 49.0 Å². The van der Waals surface area contributed by atoms with Crippen LogP contribution in [0.4, 0.5) is 61.0 Å². The quantitative estimate of drug-likeness (QED) is 0.0442. The molecule has 0 fully saturated rings. The molecule has 6 aromatic heterocycles. The molecule has 0 radical (unpaired) electrons. The number of aliphatic carboxylic acids is 2. The summed E-state index contributed by atoms with van der Waals surface area (Å²) in [4.78, 5) is 79.7. The average molecular weight is 1210 g/mol. The number of carboxylic acids is 2. The zero-order valence-electron chi connectivity index (χ0n) is 46.5. The molecule has 0 aliphatic carbocycles. The SMILES string of the molecule is Cc1cn(-c2cc(NC(=O)c3ccc(C)c(Nc4nccc(-c5cccnc5)n4)c3)cc(C(F)(F)F)c2)cn1.Cc1cn(-c2cc(NC(=O)c3ccc(C)c(Nc4nccc(-c5cccnc5)n4)c3)cc(C(F)(F)F)c2)cn1.O=C(O)[C@H](O)[C@@H](O)C(=O)O. The topological polar surface area (TPSA) is 310 Å². The second kappa shape index (κ2) is 27.2. The molecule has 10 aromatic rings. The summed E-state index contributed by atoms with van der Waals surface area (Å²) in [6.07, 6.45) is 2.24. The molecule has 0 unspecified atom stereocenters. The first-order valence-corrected chi connectivity index (χ1v) is 25.9.